The van der Waals surface area contributed by atoms with E-state index >= 15 is 0 Å². The van der Waals surface area contributed by atoms with Crippen LogP contribution in [0.1, 0.15) is 5.56 Å². The largest absolute Gasteiger partial charge is 0.453 e. The molecule has 0 bridgehead atoms. The van der Waals surface area contributed by atoms with Crippen molar-refractivity contribution in [3.05, 3.63) is 34.1 Å². The highest BCUT2D eigenvalue weighted by Gasteiger charge is 2.16. The molecule has 1 aromatic rings. The molecule has 1 N–H and O–H groups in total. The molecule has 3 nitrogen and oxygen atoms in total. The average Bonchev–Trinajstić information content (AvgIpc) is 2.62. The summed E-state index contributed by atoms with van der Waals surface area (Å²) in [4.78, 5) is 0. The molecule has 0 aromatic heterocycles. The number of nitrogens with zero attached hydrogens (tertiary/aromatic N) is 1. The summed E-state index contributed by atoms with van der Waals surface area (Å²) in [6.45, 7) is 0.293. The van der Waals surface area contributed by atoms with Gasteiger partial charge in [-0.2, -0.15) is 0 Å². The van der Waals surface area contributed by atoms with E-state index in [2.05, 4.69) is 26.5 Å². The molecule has 2 rings (SSSR count). The van der Waals surface area contributed by atoms with E-state index in [9.17, 15) is 4.39 Å². The van der Waals surface area contributed by atoms with Crippen molar-refractivity contribution in [2.45, 2.75) is 0 Å². The number of halogens is 2. The van der Waals surface area contributed by atoms with Crippen LogP contribution in [-0.4, -0.2) is 12.6 Å². The molecule has 0 saturated heterocycles. The second-order valence-electron chi connectivity index (χ2n) is 2.47. The first kappa shape index (κ1) is 8.50. The van der Waals surface area contributed by atoms with Crippen LogP contribution in [0.15, 0.2) is 27.8 Å². The third kappa shape index (κ3) is 1.51. The van der Waals surface area contributed by atoms with E-state index in [0.29, 0.717) is 22.7 Å². The lowest BCUT2D eigenvalue weighted by molar-refractivity contribution is 0.315. The van der Waals surface area contributed by atoms with E-state index in [1.807, 2.05) is 0 Å². The zero-order valence-electron chi connectivity index (χ0n) is 6.55. The fourth-order valence-corrected chi connectivity index (χ4v) is 1.41. The van der Waals surface area contributed by atoms with Crippen LogP contribution in [0.4, 0.5) is 4.39 Å². The Morgan fingerprint density at radius 2 is 2.38 bits per heavy atom. The van der Waals surface area contributed by atoms with Gasteiger partial charge in [0.2, 0.25) is 5.90 Å². The normalized spacial score (nSPS) is 14.8. The van der Waals surface area contributed by atoms with Gasteiger partial charge in [0, 0.05) is 0 Å². The summed E-state index contributed by atoms with van der Waals surface area (Å²) in [7, 11) is 0. The Balaban J connectivity index is 2.45. The molecule has 1 aliphatic heterocycles. The summed E-state index contributed by atoms with van der Waals surface area (Å²) in [5, 5.41) is 3.79. The Hall–Kier alpha value is -1.10. The second kappa shape index (κ2) is 3.33. The van der Waals surface area contributed by atoms with E-state index in [0.717, 1.165) is 0 Å². The fraction of sp³-hybridized carbons (Fsp3) is 0.125. The minimum atomic E-state index is -0.357. The first-order valence-corrected chi connectivity index (χ1v) is 4.46. The zero-order valence-corrected chi connectivity index (χ0v) is 8.14. The van der Waals surface area contributed by atoms with Crippen molar-refractivity contribution in [1.29, 1.82) is 0 Å². The number of rotatable bonds is 1. The molecule has 0 radical (unpaired) electrons. The average molecular weight is 245 g/mol. The lowest BCUT2D eigenvalue weighted by atomic mass is 10.2. The molecule has 0 saturated carbocycles. The Kier molecular flexibility index (Phi) is 2.18. The van der Waals surface area contributed by atoms with Crippen LogP contribution < -0.4 is 5.43 Å². The number of hydrogen-bond donors (Lipinski definition) is 1. The summed E-state index contributed by atoms with van der Waals surface area (Å²) in [6, 6.07) is 4.97. The van der Waals surface area contributed by atoms with E-state index in [-0.39, 0.29) is 5.82 Å². The Morgan fingerprint density at radius 1 is 1.54 bits per heavy atom. The molecule has 0 aliphatic carbocycles. The van der Waals surface area contributed by atoms with Gasteiger partial charge in [0.15, 0.2) is 6.73 Å². The van der Waals surface area contributed by atoms with Gasteiger partial charge in [0.25, 0.3) is 0 Å². The van der Waals surface area contributed by atoms with Gasteiger partial charge in [-0.05, 0) is 28.1 Å². The highest BCUT2D eigenvalue weighted by molar-refractivity contribution is 9.10. The third-order valence-electron chi connectivity index (χ3n) is 1.64. The molecule has 1 heterocycles. The first-order valence-electron chi connectivity index (χ1n) is 3.67. The van der Waals surface area contributed by atoms with Crippen LogP contribution in [-0.2, 0) is 4.74 Å². The van der Waals surface area contributed by atoms with Crippen LogP contribution in [0.2, 0.25) is 0 Å². The summed E-state index contributed by atoms with van der Waals surface area (Å²) in [6.07, 6.45) is 0. The van der Waals surface area contributed by atoms with Crippen LogP contribution in [0.25, 0.3) is 0 Å². The molecule has 0 fully saturated rings. The Bertz CT molecular complexity index is 367. The molecule has 0 amide bonds. The van der Waals surface area contributed by atoms with E-state index in [1.54, 1.807) is 18.2 Å². The number of hydrazone groups is 1. The summed E-state index contributed by atoms with van der Waals surface area (Å²) in [5.74, 6) is -0.0660. The SMILES string of the molecule is Fc1c(Br)cccc1C1=NNCO1. The fourth-order valence-electron chi connectivity index (χ4n) is 1.04. The van der Waals surface area contributed by atoms with Crippen LogP contribution in [0.3, 0.4) is 0 Å². The molecule has 1 aliphatic rings. The van der Waals surface area contributed by atoms with Crippen LogP contribution in [0.5, 0.6) is 0 Å². The summed E-state index contributed by atoms with van der Waals surface area (Å²) >= 11 is 3.09. The van der Waals surface area contributed by atoms with Crippen molar-refractivity contribution < 1.29 is 9.13 Å². The van der Waals surface area contributed by atoms with Gasteiger partial charge in [-0.25, -0.2) is 4.39 Å². The van der Waals surface area contributed by atoms with Crippen molar-refractivity contribution in [3.8, 4) is 0 Å². The van der Waals surface area contributed by atoms with Gasteiger partial charge < -0.3 is 4.74 Å². The van der Waals surface area contributed by atoms with Gasteiger partial charge in [0.1, 0.15) is 5.82 Å². The molecule has 0 atom stereocenters. The molecule has 0 unspecified atom stereocenters. The smallest absolute Gasteiger partial charge is 0.242 e. The second-order valence-corrected chi connectivity index (χ2v) is 3.32. The minimum Gasteiger partial charge on any atom is -0.453 e. The molecule has 1 aromatic carbocycles. The third-order valence-corrected chi connectivity index (χ3v) is 2.25. The zero-order chi connectivity index (χ0) is 9.26. The van der Waals surface area contributed by atoms with Crippen molar-refractivity contribution >= 4 is 21.8 Å². The predicted molar refractivity (Wildman–Crippen MR) is 49.7 cm³/mol. The first-order chi connectivity index (χ1) is 6.29. The highest BCUT2D eigenvalue weighted by atomic mass is 79.9. The predicted octanol–water partition coefficient (Wildman–Crippen LogP) is 1.83. The van der Waals surface area contributed by atoms with Crippen molar-refractivity contribution in [1.82, 2.24) is 5.43 Å². The van der Waals surface area contributed by atoms with Crippen molar-refractivity contribution in [3.63, 3.8) is 0 Å². The number of benzene rings is 1. The minimum absolute atomic E-state index is 0.291. The van der Waals surface area contributed by atoms with E-state index in [4.69, 9.17) is 4.74 Å². The highest BCUT2D eigenvalue weighted by Crippen LogP contribution is 2.19. The number of nitrogens with one attached hydrogen (secondary N) is 1. The van der Waals surface area contributed by atoms with Gasteiger partial charge in [-0.3, -0.25) is 5.43 Å². The monoisotopic (exact) mass is 244 g/mol. The van der Waals surface area contributed by atoms with Gasteiger partial charge in [-0.15, -0.1) is 5.10 Å². The quantitative estimate of drug-likeness (QED) is 0.818. The van der Waals surface area contributed by atoms with Gasteiger partial charge in [0.05, 0.1) is 10.0 Å². The van der Waals surface area contributed by atoms with Crippen molar-refractivity contribution in [2.24, 2.45) is 5.10 Å². The molecular weight excluding hydrogens is 239 g/mol. The Morgan fingerprint density at radius 3 is 3.08 bits per heavy atom. The number of hydrogen-bond acceptors (Lipinski definition) is 3. The maximum atomic E-state index is 13.4. The maximum Gasteiger partial charge on any atom is 0.242 e. The lowest BCUT2D eigenvalue weighted by Crippen LogP contribution is -2.04. The molecule has 0 spiro atoms. The van der Waals surface area contributed by atoms with Crippen LogP contribution in [0, 0.1) is 5.82 Å². The Labute approximate surface area is 82.7 Å². The topological polar surface area (TPSA) is 33.6 Å². The summed E-state index contributed by atoms with van der Waals surface area (Å²) < 4.78 is 18.9. The standard InChI is InChI=1S/C8H6BrFN2O/c9-6-3-1-2-5(7(6)10)8-12-11-4-13-8/h1-3,11H,4H2. The van der Waals surface area contributed by atoms with Crippen LogP contribution >= 0.6 is 15.9 Å². The number of ether oxygens (including phenoxy) is 1. The maximum absolute atomic E-state index is 13.4. The molecular formula is C8H6BrFN2O. The van der Waals surface area contributed by atoms with Crippen molar-refractivity contribution in [2.75, 3.05) is 6.73 Å². The van der Waals surface area contributed by atoms with Gasteiger partial charge in [-0.1, -0.05) is 6.07 Å². The molecule has 5 heteroatoms. The van der Waals surface area contributed by atoms with E-state index in [1.165, 1.54) is 0 Å². The van der Waals surface area contributed by atoms with E-state index < -0.39 is 0 Å². The lowest BCUT2D eigenvalue weighted by Gasteiger charge is -2.02. The molecule has 13 heavy (non-hydrogen) atoms. The molecule has 68 valence electrons. The van der Waals surface area contributed by atoms with Gasteiger partial charge >= 0.3 is 0 Å². The summed E-state index contributed by atoms with van der Waals surface area (Å²) in [5.41, 5.74) is 2.96.